The lowest BCUT2D eigenvalue weighted by Crippen LogP contribution is -2.36. The van der Waals surface area contributed by atoms with Crippen molar-refractivity contribution in [1.82, 2.24) is 4.90 Å². The summed E-state index contributed by atoms with van der Waals surface area (Å²) in [6.45, 7) is 6.30. The molecule has 0 spiro atoms. The Morgan fingerprint density at radius 3 is 2.15 bits per heavy atom. The van der Waals surface area contributed by atoms with Crippen molar-refractivity contribution in [3.63, 3.8) is 0 Å². The van der Waals surface area contributed by atoms with Gasteiger partial charge in [0, 0.05) is 6.54 Å². The Labute approximate surface area is 120 Å². The Morgan fingerprint density at radius 1 is 1.15 bits per heavy atom. The van der Waals surface area contributed by atoms with E-state index in [0.29, 0.717) is 12.5 Å². The van der Waals surface area contributed by atoms with E-state index < -0.39 is 5.97 Å². The molecule has 4 heteroatoms. The maximum Gasteiger partial charge on any atom is 0.323 e. The number of aliphatic carboxylic acids is 1. The molecule has 0 unspecified atom stereocenters. The van der Waals surface area contributed by atoms with Crippen LogP contribution >= 0.6 is 0 Å². The predicted molar refractivity (Wildman–Crippen MR) is 78.6 cm³/mol. The Bertz CT molecular complexity index is 451. The van der Waals surface area contributed by atoms with E-state index in [0.717, 1.165) is 12.0 Å². The predicted octanol–water partition coefficient (Wildman–Crippen LogP) is 2.36. The van der Waals surface area contributed by atoms with Crippen LogP contribution in [0, 0.1) is 5.92 Å². The summed E-state index contributed by atoms with van der Waals surface area (Å²) >= 11 is 0. The van der Waals surface area contributed by atoms with Gasteiger partial charge in [0.25, 0.3) is 0 Å². The molecule has 1 amide bonds. The van der Waals surface area contributed by atoms with Gasteiger partial charge in [0.2, 0.25) is 5.91 Å². The van der Waals surface area contributed by atoms with Crippen LogP contribution in [0.4, 0.5) is 0 Å². The quantitative estimate of drug-likeness (QED) is 0.832. The molecule has 0 saturated heterocycles. The van der Waals surface area contributed by atoms with Gasteiger partial charge in [0.05, 0.1) is 6.42 Å². The van der Waals surface area contributed by atoms with Crippen LogP contribution in [0.3, 0.4) is 0 Å². The van der Waals surface area contributed by atoms with Crippen LogP contribution in [-0.4, -0.2) is 35.0 Å². The lowest BCUT2D eigenvalue weighted by molar-refractivity contribution is -0.144. The Balaban J connectivity index is 2.63. The number of carboxylic acid groups (broad SMARTS) is 1. The molecule has 0 saturated carbocycles. The minimum Gasteiger partial charge on any atom is -0.480 e. The van der Waals surface area contributed by atoms with Gasteiger partial charge in [0.15, 0.2) is 0 Å². The van der Waals surface area contributed by atoms with E-state index in [1.807, 2.05) is 24.3 Å². The van der Waals surface area contributed by atoms with E-state index >= 15 is 0 Å². The third-order valence-electron chi connectivity index (χ3n) is 3.08. The van der Waals surface area contributed by atoms with Gasteiger partial charge < -0.3 is 10.0 Å². The monoisotopic (exact) mass is 277 g/mol. The molecule has 0 atom stereocenters. The summed E-state index contributed by atoms with van der Waals surface area (Å²) in [5, 5.41) is 8.76. The topological polar surface area (TPSA) is 57.6 Å². The average molecular weight is 277 g/mol. The molecule has 0 heterocycles. The average Bonchev–Trinajstić information content (AvgIpc) is 2.37. The molecule has 4 nitrogen and oxygen atoms in total. The summed E-state index contributed by atoms with van der Waals surface area (Å²) in [4.78, 5) is 24.0. The lowest BCUT2D eigenvalue weighted by atomic mass is 10.0. The van der Waals surface area contributed by atoms with Gasteiger partial charge in [-0.1, -0.05) is 38.1 Å². The number of amides is 1. The summed E-state index contributed by atoms with van der Waals surface area (Å²) in [5.74, 6) is -0.521. The summed E-state index contributed by atoms with van der Waals surface area (Å²) in [6.07, 6.45) is 1.28. The van der Waals surface area contributed by atoms with Gasteiger partial charge in [-0.3, -0.25) is 9.59 Å². The van der Waals surface area contributed by atoms with Gasteiger partial charge in [-0.25, -0.2) is 0 Å². The van der Waals surface area contributed by atoms with Crippen molar-refractivity contribution in [2.45, 2.75) is 33.6 Å². The standard InChI is InChI=1S/C16H23NO3/c1-4-17(11-16(19)20)15(18)10-14-7-5-13(6-8-14)9-12(2)3/h5-8,12H,4,9-11H2,1-3H3,(H,19,20). The fourth-order valence-electron chi connectivity index (χ4n) is 2.09. The Morgan fingerprint density at radius 2 is 1.70 bits per heavy atom. The summed E-state index contributed by atoms with van der Waals surface area (Å²) in [6, 6.07) is 7.97. The van der Waals surface area contributed by atoms with E-state index in [2.05, 4.69) is 13.8 Å². The molecule has 1 aromatic carbocycles. The van der Waals surface area contributed by atoms with E-state index in [-0.39, 0.29) is 18.9 Å². The van der Waals surface area contributed by atoms with Gasteiger partial charge in [-0.2, -0.15) is 0 Å². The van der Waals surface area contributed by atoms with Crippen LogP contribution < -0.4 is 0 Å². The highest BCUT2D eigenvalue weighted by molar-refractivity contribution is 5.82. The fourth-order valence-corrected chi connectivity index (χ4v) is 2.09. The van der Waals surface area contributed by atoms with Crippen LogP contribution in [0.5, 0.6) is 0 Å². The highest BCUT2D eigenvalue weighted by Crippen LogP contribution is 2.11. The molecule has 0 aliphatic carbocycles. The van der Waals surface area contributed by atoms with Crippen molar-refractivity contribution < 1.29 is 14.7 Å². The maximum absolute atomic E-state index is 12.0. The van der Waals surface area contributed by atoms with Crippen molar-refractivity contribution in [3.8, 4) is 0 Å². The van der Waals surface area contributed by atoms with Crippen molar-refractivity contribution in [3.05, 3.63) is 35.4 Å². The fraction of sp³-hybridized carbons (Fsp3) is 0.500. The third-order valence-corrected chi connectivity index (χ3v) is 3.08. The second-order valence-electron chi connectivity index (χ2n) is 5.39. The molecule has 0 radical (unpaired) electrons. The second-order valence-corrected chi connectivity index (χ2v) is 5.39. The first-order valence-corrected chi connectivity index (χ1v) is 6.99. The number of carbonyl (C=O) groups is 2. The van der Waals surface area contributed by atoms with Crippen LogP contribution in [0.2, 0.25) is 0 Å². The molecule has 0 aromatic heterocycles. The summed E-state index contributed by atoms with van der Waals surface area (Å²) in [7, 11) is 0. The number of likely N-dealkylation sites (N-methyl/N-ethyl adjacent to an activating group) is 1. The summed E-state index contributed by atoms with van der Waals surface area (Å²) < 4.78 is 0. The zero-order valence-corrected chi connectivity index (χ0v) is 12.4. The van der Waals surface area contributed by atoms with Crippen LogP contribution in [0.25, 0.3) is 0 Å². The highest BCUT2D eigenvalue weighted by Gasteiger charge is 2.15. The molecule has 0 bridgehead atoms. The first-order valence-electron chi connectivity index (χ1n) is 6.99. The zero-order chi connectivity index (χ0) is 15.1. The third kappa shape index (κ3) is 5.43. The molecule has 1 aromatic rings. The van der Waals surface area contributed by atoms with Crippen molar-refractivity contribution in [2.24, 2.45) is 5.92 Å². The SMILES string of the molecule is CCN(CC(=O)O)C(=O)Cc1ccc(CC(C)C)cc1. The molecule has 110 valence electrons. The lowest BCUT2D eigenvalue weighted by Gasteiger charge is -2.18. The van der Waals surface area contributed by atoms with Crippen LogP contribution in [0.15, 0.2) is 24.3 Å². The van der Waals surface area contributed by atoms with Crippen molar-refractivity contribution in [2.75, 3.05) is 13.1 Å². The zero-order valence-electron chi connectivity index (χ0n) is 12.4. The van der Waals surface area contributed by atoms with Gasteiger partial charge in [-0.15, -0.1) is 0 Å². The highest BCUT2D eigenvalue weighted by atomic mass is 16.4. The number of nitrogens with zero attached hydrogens (tertiary/aromatic N) is 1. The molecule has 1 rings (SSSR count). The molecular formula is C16H23NO3. The Hall–Kier alpha value is -1.84. The van der Waals surface area contributed by atoms with E-state index in [4.69, 9.17) is 5.11 Å². The van der Waals surface area contributed by atoms with Gasteiger partial charge >= 0.3 is 5.97 Å². The molecule has 0 aliphatic heterocycles. The van der Waals surface area contributed by atoms with Gasteiger partial charge in [0.1, 0.15) is 6.54 Å². The van der Waals surface area contributed by atoms with E-state index in [1.165, 1.54) is 10.5 Å². The number of carboxylic acids is 1. The molecule has 1 N–H and O–H groups in total. The number of benzene rings is 1. The number of rotatable bonds is 7. The minimum atomic E-state index is -0.979. The first-order chi connectivity index (χ1) is 9.42. The number of carbonyl (C=O) groups excluding carboxylic acids is 1. The van der Waals surface area contributed by atoms with E-state index in [9.17, 15) is 9.59 Å². The van der Waals surface area contributed by atoms with Crippen LogP contribution in [-0.2, 0) is 22.4 Å². The molecule has 0 fully saturated rings. The Kier molecular flexibility index (Phi) is 6.22. The van der Waals surface area contributed by atoms with Crippen LogP contribution in [0.1, 0.15) is 31.9 Å². The normalized spacial score (nSPS) is 10.6. The molecule has 20 heavy (non-hydrogen) atoms. The molecule has 0 aliphatic rings. The summed E-state index contributed by atoms with van der Waals surface area (Å²) in [5.41, 5.74) is 2.18. The largest absolute Gasteiger partial charge is 0.480 e. The van der Waals surface area contributed by atoms with E-state index in [1.54, 1.807) is 6.92 Å². The van der Waals surface area contributed by atoms with Gasteiger partial charge in [-0.05, 0) is 30.4 Å². The second kappa shape index (κ2) is 7.68. The minimum absolute atomic E-state index is 0.147. The maximum atomic E-state index is 12.0. The molecular weight excluding hydrogens is 254 g/mol. The first kappa shape index (κ1) is 16.2. The number of hydrogen-bond donors (Lipinski definition) is 1. The smallest absolute Gasteiger partial charge is 0.323 e. The van der Waals surface area contributed by atoms with Crippen molar-refractivity contribution in [1.29, 1.82) is 0 Å². The van der Waals surface area contributed by atoms with Crippen molar-refractivity contribution >= 4 is 11.9 Å². The number of hydrogen-bond acceptors (Lipinski definition) is 2.